The number of ether oxygens (including phenoxy) is 1. The van der Waals surface area contributed by atoms with E-state index in [1.165, 1.54) is 12.1 Å². The van der Waals surface area contributed by atoms with Crippen LogP contribution in [0.5, 0.6) is 5.75 Å². The Bertz CT molecular complexity index is 695. The lowest BCUT2D eigenvalue weighted by Crippen LogP contribution is -2.03. The van der Waals surface area contributed by atoms with Crippen molar-refractivity contribution >= 4 is 21.4 Å². The van der Waals surface area contributed by atoms with Gasteiger partial charge in [-0.2, -0.15) is 0 Å². The van der Waals surface area contributed by atoms with Gasteiger partial charge in [0.1, 0.15) is 17.5 Å². The van der Waals surface area contributed by atoms with E-state index < -0.39 is 9.84 Å². The largest absolute Gasteiger partial charge is 0.486 e. The first-order chi connectivity index (χ1) is 9.34. The topological polar surface area (TPSA) is 69.2 Å². The maximum absolute atomic E-state index is 11.3. The number of hydrogen-bond donors (Lipinski definition) is 0. The molecule has 0 amide bonds. The van der Waals surface area contributed by atoms with Gasteiger partial charge in [-0.15, -0.1) is 0 Å². The predicted molar refractivity (Wildman–Crippen MR) is 75.7 cm³/mol. The van der Waals surface area contributed by atoms with Crippen molar-refractivity contribution in [3.63, 3.8) is 0 Å². The second-order valence-electron chi connectivity index (χ2n) is 4.28. The SMILES string of the molecule is Cc1cc(Cl)nc(COc2ccc(S(C)(=O)=O)cc2)n1. The van der Waals surface area contributed by atoms with Crippen LogP contribution in [0.3, 0.4) is 0 Å². The van der Waals surface area contributed by atoms with Crippen molar-refractivity contribution in [3.8, 4) is 5.75 Å². The number of aryl methyl sites for hydroxylation is 1. The minimum atomic E-state index is -3.20. The Hall–Kier alpha value is -1.66. The number of rotatable bonds is 4. The Morgan fingerprint density at radius 1 is 1.20 bits per heavy atom. The van der Waals surface area contributed by atoms with E-state index in [0.717, 1.165) is 11.9 Å². The molecule has 0 aliphatic rings. The molecule has 2 rings (SSSR count). The molecule has 0 bridgehead atoms. The number of hydrogen-bond acceptors (Lipinski definition) is 5. The number of aromatic nitrogens is 2. The molecule has 0 saturated heterocycles. The van der Waals surface area contributed by atoms with Crippen molar-refractivity contribution in [1.82, 2.24) is 9.97 Å². The van der Waals surface area contributed by atoms with Gasteiger partial charge in [-0.25, -0.2) is 18.4 Å². The zero-order chi connectivity index (χ0) is 14.8. The van der Waals surface area contributed by atoms with Gasteiger partial charge in [0.2, 0.25) is 0 Å². The molecule has 0 aliphatic heterocycles. The standard InChI is InChI=1S/C13H13ClN2O3S/c1-9-7-12(14)16-13(15-9)8-19-10-3-5-11(6-4-10)20(2,17)18/h3-7H,8H2,1-2H3. The van der Waals surface area contributed by atoms with E-state index >= 15 is 0 Å². The van der Waals surface area contributed by atoms with Crippen LogP contribution in [0.25, 0.3) is 0 Å². The summed E-state index contributed by atoms with van der Waals surface area (Å²) in [7, 11) is -3.20. The van der Waals surface area contributed by atoms with Gasteiger partial charge in [-0.3, -0.25) is 0 Å². The van der Waals surface area contributed by atoms with Gasteiger partial charge in [0, 0.05) is 11.9 Å². The molecule has 2 aromatic rings. The molecule has 0 unspecified atom stereocenters. The van der Waals surface area contributed by atoms with Crippen LogP contribution in [0.2, 0.25) is 5.15 Å². The molecule has 0 fully saturated rings. The third-order valence-electron chi connectivity index (χ3n) is 2.49. The Balaban J connectivity index is 2.07. The summed E-state index contributed by atoms with van der Waals surface area (Å²) in [6.45, 7) is 1.98. The van der Waals surface area contributed by atoms with Crippen molar-refractivity contribution in [2.45, 2.75) is 18.4 Å². The highest BCUT2D eigenvalue weighted by Crippen LogP contribution is 2.17. The van der Waals surface area contributed by atoms with Crippen LogP contribution in [-0.4, -0.2) is 24.6 Å². The van der Waals surface area contributed by atoms with E-state index in [1.54, 1.807) is 18.2 Å². The molecular formula is C13H13ClN2O3S. The van der Waals surface area contributed by atoms with Gasteiger partial charge in [0.05, 0.1) is 4.90 Å². The van der Waals surface area contributed by atoms with Gasteiger partial charge in [0.15, 0.2) is 15.7 Å². The lowest BCUT2D eigenvalue weighted by Gasteiger charge is -2.06. The molecule has 0 aliphatic carbocycles. The number of benzene rings is 1. The molecule has 0 N–H and O–H groups in total. The Labute approximate surface area is 122 Å². The lowest BCUT2D eigenvalue weighted by molar-refractivity contribution is 0.295. The normalized spacial score (nSPS) is 11.3. The second-order valence-corrected chi connectivity index (χ2v) is 6.68. The first-order valence-electron chi connectivity index (χ1n) is 5.77. The molecule has 5 nitrogen and oxygen atoms in total. The summed E-state index contributed by atoms with van der Waals surface area (Å²) in [5, 5.41) is 0.364. The molecule has 0 radical (unpaired) electrons. The van der Waals surface area contributed by atoms with E-state index in [4.69, 9.17) is 16.3 Å². The fourth-order valence-electron chi connectivity index (χ4n) is 1.58. The zero-order valence-corrected chi connectivity index (χ0v) is 12.6. The number of halogens is 1. The van der Waals surface area contributed by atoms with Gasteiger partial charge < -0.3 is 4.74 Å². The van der Waals surface area contributed by atoms with Crippen LogP contribution in [-0.2, 0) is 16.4 Å². The highest BCUT2D eigenvalue weighted by molar-refractivity contribution is 7.90. The lowest BCUT2D eigenvalue weighted by atomic mass is 10.3. The molecule has 20 heavy (non-hydrogen) atoms. The van der Waals surface area contributed by atoms with E-state index in [1.807, 2.05) is 6.92 Å². The Morgan fingerprint density at radius 2 is 1.85 bits per heavy atom. The summed E-state index contributed by atoms with van der Waals surface area (Å²) in [5.41, 5.74) is 0.760. The zero-order valence-electron chi connectivity index (χ0n) is 11.0. The molecule has 0 atom stereocenters. The molecule has 1 aromatic carbocycles. The van der Waals surface area contributed by atoms with Crippen molar-refractivity contribution in [3.05, 3.63) is 47.0 Å². The molecule has 106 valence electrons. The highest BCUT2D eigenvalue weighted by Gasteiger charge is 2.07. The number of nitrogens with zero attached hydrogens (tertiary/aromatic N) is 2. The van der Waals surface area contributed by atoms with Crippen LogP contribution in [0.15, 0.2) is 35.2 Å². The van der Waals surface area contributed by atoms with Gasteiger partial charge in [-0.1, -0.05) is 11.6 Å². The maximum atomic E-state index is 11.3. The molecular weight excluding hydrogens is 300 g/mol. The van der Waals surface area contributed by atoms with Crippen LogP contribution in [0.4, 0.5) is 0 Å². The quantitative estimate of drug-likeness (QED) is 0.811. The summed E-state index contributed by atoms with van der Waals surface area (Å²) < 4.78 is 28.1. The summed E-state index contributed by atoms with van der Waals surface area (Å²) in [6, 6.07) is 7.83. The molecule has 1 aromatic heterocycles. The summed E-state index contributed by atoms with van der Waals surface area (Å²) in [4.78, 5) is 8.48. The van der Waals surface area contributed by atoms with Crippen LogP contribution < -0.4 is 4.74 Å². The summed E-state index contributed by atoms with van der Waals surface area (Å²) in [5.74, 6) is 1.01. The van der Waals surface area contributed by atoms with E-state index in [2.05, 4.69) is 9.97 Å². The fourth-order valence-corrected chi connectivity index (χ4v) is 2.47. The molecule has 0 saturated carbocycles. The Morgan fingerprint density at radius 3 is 2.40 bits per heavy atom. The predicted octanol–water partition coefficient (Wildman–Crippen LogP) is 2.42. The van der Waals surface area contributed by atoms with Crippen molar-refractivity contribution in [2.75, 3.05) is 6.26 Å². The molecule has 7 heteroatoms. The van der Waals surface area contributed by atoms with Gasteiger partial charge >= 0.3 is 0 Å². The third-order valence-corrected chi connectivity index (χ3v) is 3.81. The van der Waals surface area contributed by atoms with Crippen molar-refractivity contribution in [1.29, 1.82) is 0 Å². The first kappa shape index (κ1) is 14.7. The summed E-state index contributed by atoms with van der Waals surface area (Å²) >= 11 is 5.83. The van der Waals surface area contributed by atoms with E-state index in [0.29, 0.717) is 16.7 Å². The van der Waals surface area contributed by atoms with E-state index in [-0.39, 0.29) is 11.5 Å². The van der Waals surface area contributed by atoms with Crippen LogP contribution in [0, 0.1) is 6.92 Å². The van der Waals surface area contributed by atoms with Gasteiger partial charge in [0.25, 0.3) is 0 Å². The van der Waals surface area contributed by atoms with Crippen molar-refractivity contribution < 1.29 is 13.2 Å². The highest BCUT2D eigenvalue weighted by atomic mass is 35.5. The third kappa shape index (κ3) is 3.91. The van der Waals surface area contributed by atoms with Crippen molar-refractivity contribution in [2.24, 2.45) is 0 Å². The smallest absolute Gasteiger partial charge is 0.175 e. The maximum Gasteiger partial charge on any atom is 0.175 e. The minimum absolute atomic E-state index is 0.166. The fraction of sp³-hybridized carbons (Fsp3) is 0.231. The van der Waals surface area contributed by atoms with E-state index in [9.17, 15) is 8.42 Å². The van der Waals surface area contributed by atoms with Crippen LogP contribution in [0.1, 0.15) is 11.5 Å². The number of sulfone groups is 1. The average molecular weight is 313 g/mol. The van der Waals surface area contributed by atoms with Gasteiger partial charge in [-0.05, 0) is 37.3 Å². The second kappa shape index (κ2) is 5.76. The minimum Gasteiger partial charge on any atom is -0.486 e. The monoisotopic (exact) mass is 312 g/mol. The first-order valence-corrected chi connectivity index (χ1v) is 8.04. The molecule has 0 spiro atoms. The van der Waals surface area contributed by atoms with Crippen LogP contribution >= 0.6 is 11.6 Å². The molecule has 1 heterocycles. The average Bonchev–Trinajstić information content (AvgIpc) is 2.35. The Kier molecular flexibility index (Phi) is 4.25. The summed E-state index contributed by atoms with van der Waals surface area (Å²) in [6.07, 6.45) is 1.16.